The Morgan fingerprint density at radius 2 is 1.84 bits per heavy atom. The molecule has 4 aromatic heterocycles. The van der Waals surface area contributed by atoms with Gasteiger partial charge in [-0.25, -0.2) is 0 Å². The fraction of sp³-hybridized carbons (Fsp3) is 0.333. The van der Waals surface area contributed by atoms with Gasteiger partial charge in [-0.05, 0) is 44.0 Å². The number of benzene rings is 1. The molecule has 2 N–H and O–H groups in total. The van der Waals surface area contributed by atoms with Crippen LogP contribution in [0.1, 0.15) is 50.1 Å². The summed E-state index contributed by atoms with van der Waals surface area (Å²) in [4.78, 5) is 28.9. The molecule has 0 aliphatic heterocycles. The van der Waals surface area contributed by atoms with E-state index in [0.29, 0.717) is 33.4 Å². The molecule has 1 aliphatic rings. The first-order valence-electron chi connectivity index (χ1n) is 10.9. The number of hydrogen-bond donors (Lipinski definition) is 2. The van der Waals surface area contributed by atoms with Crippen LogP contribution in [0, 0.1) is 6.92 Å². The van der Waals surface area contributed by atoms with Crippen LogP contribution in [-0.2, 0) is 0 Å². The molecule has 1 saturated carbocycles. The predicted octanol–water partition coefficient (Wildman–Crippen LogP) is 5.38. The first kappa shape index (κ1) is 18.3. The van der Waals surface area contributed by atoms with Crippen molar-refractivity contribution in [1.29, 1.82) is 0 Å². The van der Waals surface area contributed by atoms with Crippen LogP contribution in [0.15, 0.2) is 49.0 Å². The molecule has 31 heavy (non-hydrogen) atoms. The zero-order chi connectivity index (χ0) is 21.1. The number of aromatic nitrogens is 3. The van der Waals surface area contributed by atoms with E-state index in [1.807, 2.05) is 10.7 Å². The van der Waals surface area contributed by atoms with E-state index in [9.17, 15) is 9.59 Å². The number of pyridine rings is 1. The molecule has 5 aromatic rings. The van der Waals surface area contributed by atoms with E-state index in [1.54, 1.807) is 31.4 Å². The lowest BCUT2D eigenvalue weighted by Crippen LogP contribution is -2.13. The van der Waals surface area contributed by atoms with Crippen LogP contribution in [0.25, 0.3) is 44.4 Å². The third kappa shape index (κ3) is 2.65. The number of aromatic amines is 2. The third-order valence-corrected chi connectivity index (χ3v) is 6.66. The lowest BCUT2D eigenvalue weighted by Gasteiger charge is -2.17. The van der Waals surface area contributed by atoms with Crippen LogP contribution in [0.5, 0.6) is 0 Å². The topological polar surface area (TPSA) is 96.9 Å². The lowest BCUT2D eigenvalue weighted by atomic mass is 10.1. The highest BCUT2D eigenvalue weighted by atomic mass is 16.3. The molecular formula is C24H23N3O4. The van der Waals surface area contributed by atoms with E-state index in [-0.39, 0.29) is 17.0 Å². The smallest absolute Gasteiger partial charge is 0.274 e. The standard InChI is InChI=1S/C24H23N3O4/c1-13-16(28)11-10-15-20-22(31-21(13)15)18(17-9-6-12-30-17)19-23(25-20)27(26-24(19)29)14-7-4-2-3-5-8-14/h6,9-12,14,25H,2-5,7-8H2,1H3,(H,26,29). The summed E-state index contributed by atoms with van der Waals surface area (Å²) in [6, 6.07) is 7.21. The van der Waals surface area contributed by atoms with Gasteiger partial charge in [0.15, 0.2) is 11.0 Å². The Hall–Kier alpha value is -3.48. The first-order valence-corrected chi connectivity index (χ1v) is 10.9. The Morgan fingerprint density at radius 1 is 1.03 bits per heavy atom. The van der Waals surface area contributed by atoms with Gasteiger partial charge < -0.3 is 13.8 Å². The summed E-state index contributed by atoms with van der Waals surface area (Å²) in [5, 5.41) is 4.42. The molecule has 0 unspecified atom stereocenters. The number of fused-ring (bicyclic) bond motifs is 4. The molecule has 0 spiro atoms. The minimum Gasteiger partial charge on any atom is -0.464 e. The molecule has 7 heteroatoms. The second-order valence-corrected chi connectivity index (χ2v) is 8.53. The highest BCUT2D eigenvalue weighted by Gasteiger charge is 2.26. The molecule has 6 rings (SSSR count). The molecule has 1 aliphatic carbocycles. The third-order valence-electron chi connectivity index (χ3n) is 6.66. The van der Waals surface area contributed by atoms with Crippen molar-refractivity contribution < 1.29 is 8.83 Å². The maximum absolute atomic E-state index is 13.2. The van der Waals surface area contributed by atoms with E-state index >= 15 is 0 Å². The molecule has 0 amide bonds. The molecule has 0 saturated heterocycles. The van der Waals surface area contributed by atoms with Gasteiger partial charge in [0.25, 0.3) is 5.56 Å². The van der Waals surface area contributed by atoms with Gasteiger partial charge in [0.1, 0.15) is 17.0 Å². The Bertz CT molecular complexity index is 1540. The molecule has 1 aromatic carbocycles. The molecular weight excluding hydrogens is 394 g/mol. The maximum atomic E-state index is 13.2. The van der Waals surface area contributed by atoms with E-state index < -0.39 is 0 Å². The minimum absolute atomic E-state index is 0.0727. The van der Waals surface area contributed by atoms with Crippen molar-refractivity contribution >= 4 is 33.1 Å². The van der Waals surface area contributed by atoms with Crippen molar-refractivity contribution in [3.63, 3.8) is 0 Å². The summed E-state index contributed by atoms with van der Waals surface area (Å²) in [6.45, 7) is 1.76. The molecule has 0 bridgehead atoms. The van der Waals surface area contributed by atoms with Crippen molar-refractivity contribution in [2.24, 2.45) is 0 Å². The summed E-state index contributed by atoms with van der Waals surface area (Å²) in [5.74, 6) is 0.562. The number of rotatable bonds is 2. The molecule has 4 heterocycles. The summed E-state index contributed by atoms with van der Waals surface area (Å²) in [5.41, 5.74) is 3.48. The zero-order valence-corrected chi connectivity index (χ0v) is 17.3. The van der Waals surface area contributed by atoms with Gasteiger partial charge in [-0.15, -0.1) is 0 Å². The summed E-state index contributed by atoms with van der Waals surface area (Å²) in [7, 11) is 0. The van der Waals surface area contributed by atoms with E-state index in [0.717, 1.165) is 42.2 Å². The molecule has 158 valence electrons. The fourth-order valence-corrected chi connectivity index (χ4v) is 5.06. The van der Waals surface area contributed by atoms with Crippen molar-refractivity contribution in [3.05, 3.63) is 56.7 Å². The average molecular weight is 417 g/mol. The van der Waals surface area contributed by atoms with Crippen LogP contribution < -0.4 is 11.0 Å². The second-order valence-electron chi connectivity index (χ2n) is 8.53. The van der Waals surface area contributed by atoms with Crippen LogP contribution in [0.2, 0.25) is 0 Å². The lowest BCUT2D eigenvalue weighted by molar-refractivity contribution is 0.413. The Morgan fingerprint density at radius 3 is 2.58 bits per heavy atom. The summed E-state index contributed by atoms with van der Waals surface area (Å²) < 4.78 is 13.9. The maximum Gasteiger partial charge on any atom is 0.274 e. The molecule has 0 atom stereocenters. The van der Waals surface area contributed by atoms with Gasteiger partial charge in [0.2, 0.25) is 0 Å². The number of nitrogens with one attached hydrogen (secondary N) is 2. The molecule has 7 nitrogen and oxygen atoms in total. The Balaban J connectivity index is 1.77. The second kappa shape index (κ2) is 6.77. The quantitative estimate of drug-likeness (QED) is 0.377. The van der Waals surface area contributed by atoms with Gasteiger partial charge in [0.05, 0.1) is 28.8 Å². The average Bonchev–Trinajstić information content (AvgIpc) is 3.44. The van der Waals surface area contributed by atoms with Gasteiger partial charge in [-0.3, -0.25) is 19.4 Å². The van der Waals surface area contributed by atoms with E-state index in [4.69, 9.17) is 8.83 Å². The molecule has 1 fully saturated rings. The highest BCUT2D eigenvalue weighted by molar-refractivity contribution is 6.14. The SMILES string of the molecule is Cc1c(=O)ccc2c1oc1c(-c3ccco3)c3c(=O)[nH]n(C4CCCCCC4)c3[nH]c12. The zero-order valence-electron chi connectivity index (χ0n) is 17.3. The number of nitrogens with zero attached hydrogens (tertiary/aromatic N) is 1. The van der Waals surface area contributed by atoms with Crippen LogP contribution >= 0.6 is 0 Å². The number of aryl methyl sites for hydroxylation is 1. The Kier molecular flexibility index (Phi) is 4.00. The monoisotopic (exact) mass is 417 g/mol. The van der Waals surface area contributed by atoms with Crippen molar-refractivity contribution in [1.82, 2.24) is 14.8 Å². The van der Waals surface area contributed by atoms with Crippen LogP contribution in [-0.4, -0.2) is 14.8 Å². The van der Waals surface area contributed by atoms with Gasteiger partial charge in [0, 0.05) is 10.9 Å². The summed E-state index contributed by atoms with van der Waals surface area (Å²) in [6.07, 6.45) is 8.42. The van der Waals surface area contributed by atoms with Gasteiger partial charge in [-0.2, -0.15) is 0 Å². The van der Waals surface area contributed by atoms with Crippen LogP contribution in [0.4, 0.5) is 0 Å². The van der Waals surface area contributed by atoms with Gasteiger partial charge >= 0.3 is 0 Å². The van der Waals surface area contributed by atoms with Crippen molar-refractivity contribution in [2.75, 3.05) is 0 Å². The molecule has 0 radical (unpaired) electrons. The van der Waals surface area contributed by atoms with Crippen LogP contribution in [0.3, 0.4) is 0 Å². The minimum atomic E-state index is -0.175. The van der Waals surface area contributed by atoms with E-state index in [1.165, 1.54) is 12.8 Å². The van der Waals surface area contributed by atoms with Crippen molar-refractivity contribution in [2.45, 2.75) is 51.5 Å². The normalized spacial score (nSPS) is 15.9. The fourth-order valence-electron chi connectivity index (χ4n) is 5.06. The highest BCUT2D eigenvalue weighted by Crippen LogP contribution is 2.40. The summed E-state index contributed by atoms with van der Waals surface area (Å²) >= 11 is 0. The predicted molar refractivity (Wildman–Crippen MR) is 120 cm³/mol. The number of furan rings is 2. The van der Waals surface area contributed by atoms with Gasteiger partial charge in [-0.1, -0.05) is 25.7 Å². The first-order chi connectivity index (χ1) is 15.1. The number of H-pyrrole nitrogens is 2. The number of hydrogen-bond acceptors (Lipinski definition) is 4. The largest absolute Gasteiger partial charge is 0.464 e. The van der Waals surface area contributed by atoms with Crippen molar-refractivity contribution in [3.8, 4) is 11.3 Å². The Labute approximate surface area is 176 Å². The van der Waals surface area contributed by atoms with E-state index in [2.05, 4.69) is 10.1 Å².